The standard InChI is InChI=1S/C16H18BrFN2/c1-11(19)9-12-10-13(17)3-8-16(12)20(2)15-6-4-14(18)5-7-15/h3-8,10-11H,9,19H2,1-2H3. The van der Waals surface area contributed by atoms with Crippen LogP contribution in [0.4, 0.5) is 15.8 Å². The predicted octanol–water partition coefficient (Wildman–Crippen LogP) is 4.25. The maximum absolute atomic E-state index is 13.0. The molecule has 0 radical (unpaired) electrons. The molecule has 0 saturated carbocycles. The molecule has 0 aromatic heterocycles. The molecule has 0 amide bonds. The van der Waals surface area contributed by atoms with Crippen LogP contribution in [0, 0.1) is 5.82 Å². The zero-order valence-electron chi connectivity index (χ0n) is 11.6. The molecule has 0 saturated heterocycles. The number of nitrogens with zero attached hydrogens (tertiary/aromatic N) is 1. The van der Waals surface area contributed by atoms with Gasteiger partial charge in [0.05, 0.1) is 0 Å². The molecule has 1 atom stereocenters. The molecule has 2 aromatic carbocycles. The lowest BCUT2D eigenvalue weighted by molar-refractivity contribution is 0.628. The van der Waals surface area contributed by atoms with Crippen molar-refractivity contribution >= 4 is 27.3 Å². The summed E-state index contributed by atoms with van der Waals surface area (Å²) in [5.74, 6) is -0.228. The number of nitrogens with two attached hydrogens (primary N) is 1. The number of rotatable bonds is 4. The monoisotopic (exact) mass is 336 g/mol. The lowest BCUT2D eigenvalue weighted by atomic mass is 10.0. The molecular formula is C16H18BrFN2. The minimum absolute atomic E-state index is 0.0877. The van der Waals surface area contributed by atoms with Crippen LogP contribution in [0.2, 0.25) is 0 Å². The Labute approximate surface area is 127 Å². The van der Waals surface area contributed by atoms with Crippen LogP contribution in [0.5, 0.6) is 0 Å². The molecule has 4 heteroatoms. The average molecular weight is 337 g/mol. The predicted molar refractivity (Wildman–Crippen MR) is 86.0 cm³/mol. The van der Waals surface area contributed by atoms with Crippen molar-refractivity contribution in [2.24, 2.45) is 5.73 Å². The lowest BCUT2D eigenvalue weighted by Gasteiger charge is -2.23. The van der Waals surface area contributed by atoms with E-state index in [1.165, 1.54) is 17.7 Å². The zero-order valence-corrected chi connectivity index (χ0v) is 13.2. The molecule has 2 aromatic rings. The second kappa shape index (κ2) is 6.37. The molecule has 2 N–H and O–H groups in total. The van der Waals surface area contributed by atoms with Crippen molar-refractivity contribution in [1.82, 2.24) is 0 Å². The highest BCUT2D eigenvalue weighted by atomic mass is 79.9. The topological polar surface area (TPSA) is 29.3 Å². The second-order valence-electron chi connectivity index (χ2n) is 4.99. The van der Waals surface area contributed by atoms with Gasteiger partial charge in [0.15, 0.2) is 0 Å². The van der Waals surface area contributed by atoms with Crippen LogP contribution in [-0.2, 0) is 6.42 Å². The van der Waals surface area contributed by atoms with Crippen molar-refractivity contribution in [2.75, 3.05) is 11.9 Å². The van der Waals surface area contributed by atoms with Gasteiger partial charge in [0.1, 0.15) is 5.82 Å². The van der Waals surface area contributed by atoms with Crippen LogP contribution in [0.1, 0.15) is 12.5 Å². The molecule has 0 spiro atoms. The number of halogens is 2. The molecule has 0 aliphatic carbocycles. The number of anilines is 2. The van der Waals surface area contributed by atoms with Crippen LogP contribution in [0.15, 0.2) is 46.9 Å². The fourth-order valence-electron chi connectivity index (χ4n) is 2.20. The van der Waals surface area contributed by atoms with Crippen molar-refractivity contribution in [3.8, 4) is 0 Å². The van der Waals surface area contributed by atoms with Gasteiger partial charge in [-0.15, -0.1) is 0 Å². The number of benzene rings is 2. The molecule has 0 bridgehead atoms. The highest BCUT2D eigenvalue weighted by Gasteiger charge is 2.11. The van der Waals surface area contributed by atoms with Gasteiger partial charge >= 0.3 is 0 Å². The van der Waals surface area contributed by atoms with Crippen molar-refractivity contribution < 1.29 is 4.39 Å². The van der Waals surface area contributed by atoms with E-state index in [4.69, 9.17) is 5.73 Å². The third kappa shape index (κ3) is 3.58. The minimum Gasteiger partial charge on any atom is -0.344 e. The van der Waals surface area contributed by atoms with Gasteiger partial charge in [0.25, 0.3) is 0 Å². The summed E-state index contributed by atoms with van der Waals surface area (Å²) in [7, 11) is 1.97. The van der Waals surface area contributed by atoms with Crippen molar-refractivity contribution in [2.45, 2.75) is 19.4 Å². The fourth-order valence-corrected chi connectivity index (χ4v) is 2.60. The first-order valence-corrected chi connectivity index (χ1v) is 7.30. The van der Waals surface area contributed by atoms with E-state index in [-0.39, 0.29) is 11.9 Å². The fraction of sp³-hybridized carbons (Fsp3) is 0.250. The smallest absolute Gasteiger partial charge is 0.123 e. The summed E-state index contributed by atoms with van der Waals surface area (Å²) >= 11 is 3.49. The van der Waals surface area contributed by atoms with E-state index in [0.717, 1.165) is 22.3 Å². The Hall–Kier alpha value is -1.39. The Kier molecular flexibility index (Phi) is 4.78. The first-order chi connectivity index (χ1) is 9.47. The second-order valence-corrected chi connectivity index (χ2v) is 5.91. The van der Waals surface area contributed by atoms with Crippen molar-refractivity contribution in [3.63, 3.8) is 0 Å². The van der Waals surface area contributed by atoms with E-state index < -0.39 is 0 Å². The van der Waals surface area contributed by atoms with Crippen molar-refractivity contribution in [3.05, 3.63) is 58.3 Å². The summed E-state index contributed by atoms with van der Waals surface area (Å²) in [5.41, 5.74) is 9.11. The Balaban J connectivity index is 2.37. The van der Waals surface area contributed by atoms with Gasteiger partial charge in [-0.25, -0.2) is 4.39 Å². The quantitative estimate of drug-likeness (QED) is 0.904. The largest absolute Gasteiger partial charge is 0.344 e. The Bertz CT molecular complexity index is 582. The van der Waals surface area contributed by atoms with E-state index in [9.17, 15) is 4.39 Å². The van der Waals surface area contributed by atoms with E-state index in [1.807, 2.05) is 31.0 Å². The molecule has 2 nitrogen and oxygen atoms in total. The third-order valence-electron chi connectivity index (χ3n) is 3.16. The maximum atomic E-state index is 13.0. The van der Waals surface area contributed by atoms with Crippen LogP contribution in [0.3, 0.4) is 0 Å². The minimum atomic E-state index is -0.228. The third-order valence-corrected chi connectivity index (χ3v) is 3.65. The molecule has 1 unspecified atom stereocenters. The van der Waals surface area contributed by atoms with Gasteiger partial charge in [0, 0.05) is 28.9 Å². The number of hydrogen-bond acceptors (Lipinski definition) is 2. The number of hydrogen-bond donors (Lipinski definition) is 1. The normalized spacial score (nSPS) is 12.2. The SMILES string of the molecule is CC(N)Cc1cc(Br)ccc1N(C)c1ccc(F)cc1. The molecule has 2 rings (SSSR count). The summed E-state index contributed by atoms with van der Waals surface area (Å²) in [5, 5.41) is 0. The first-order valence-electron chi connectivity index (χ1n) is 6.50. The van der Waals surface area contributed by atoms with Gasteiger partial charge in [-0.05, 0) is 61.4 Å². The first kappa shape index (κ1) is 15.0. The molecule has 106 valence electrons. The summed E-state index contributed by atoms with van der Waals surface area (Å²) in [6, 6.07) is 12.7. The molecule has 0 aliphatic rings. The van der Waals surface area contributed by atoms with E-state index in [0.29, 0.717) is 0 Å². The molecule has 0 aliphatic heterocycles. The summed E-state index contributed by atoms with van der Waals surface area (Å²) in [6.45, 7) is 1.99. The van der Waals surface area contributed by atoms with Crippen LogP contribution >= 0.6 is 15.9 Å². The van der Waals surface area contributed by atoms with Gasteiger partial charge in [-0.3, -0.25) is 0 Å². The maximum Gasteiger partial charge on any atom is 0.123 e. The summed E-state index contributed by atoms with van der Waals surface area (Å²) < 4.78 is 14.0. The Morgan fingerprint density at radius 1 is 1.20 bits per heavy atom. The van der Waals surface area contributed by atoms with Gasteiger partial charge in [-0.2, -0.15) is 0 Å². The van der Waals surface area contributed by atoms with Gasteiger partial charge < -0.3 is 10.6 Å². The van der Waals surface area contributed by atoms with Crippen LogP contribution < -0.4 is 10.6 Å². The van der Waals surface area contributed by atoms with Crippen molar-refractivity contribution in [1.29, 1.82) is 0 Å². The van der Waals surface area contributed by atoms with Crippen LogP contribution in [0.25, 0.3) is 0 Å². The van der Waals surface area contributed by atoms with E-state index in [2.05, 4.69) is 22.0 Å². The Morgan fingerprint density at radius 3 is 2.45 bits per heavy atom. The molecule has 0 fully saturated rings. The van der Waals surface area contributed by atoms with Gasteiger partial charge in [0.2, 0.25) is 0 Å². The summed E-state index contributed by atoms with van der Waals surface area (Å²) in [4.78, 5) is 2.05. The summed E-state index contributed by atoms with van der Waals surface area (Å²) in [6.07, 6.45) is 0.792. The van der Waals surface area contributed by atoms with Gasteiger partial charge in [-0.1, -0.05) is 15.9 Å². The van der Waals surface area contributed by atoms with E-state index >= 15 is 0 Å². The highest BCUT2D eigenvalue weighted by molar-refractivity contribution is 9.10. The molecule has 20 heavy (non-hydrogen) atoms. The van der Waals surface area contributed by atoms with Crippen LogP contribution in [-0.4, -0.2) is 13.1 Å². The average Bonchev–Trinajstić information content (AvgIpc) is 2.38. The highest BCUT2D eigenvalue weighted by Crippen LogP contribution is 2.30. The zero-order chi connectivity index (χ0) is 14.7. The molecular weight excluding hydrogens is 319 g/mol. The lowest BCUT2D eigenvalue weighted by Crippen LogP contribution is -2.20. The van der Waals surface area contributed by atoms with E-state index in [1.54, 1.807) is 12.1 Å². The molecule has 0 heterocycles. The Morgan fingerprint density at radius 2 is 1.85 bits per heavy atom.